The summed E-state index contributed by atoms with van der Waals surface area (Å²) in [5.74, 6) is 0. The Bertz CT molecular complexity index is 425. The van der Waals surface area contributed by atoms with Crippen LogP contribution in [0.2, 0.25) is 0 Å². The number of carbonyl (C=O) groups excluding carboxylic acids is 1. The highest BCUT2D eigenvalue weighted by Crippen LogP contribution is 2.26. The van der Waals surface area contributed by atoms with Gasteiger partial charge >= 0.3 is 6.03 Å². The van der Waals surface area contributed by atoms with Gasteiger partial charge < -0.3 is 5.32 Å². The van der Waals surface area contributed by atoms with Gasteiger partial charge in [0, 0.05) is 12.7 Å². The number of hydrogen-bond acceptors (Lipinski definition) is 3. The number of rotatable bonds is 3. The van der Waals surface area contributed by atoms with Crippen LogP contribution in [-0.4, -0.2) is 22.1 Å². The summed E-state index contributed by atoms with van der Waals surface area (Å²) in [7, 11) is 1.64. The van der Waals surface area contributed by atoms with Crippen molar-refractivity contribution in [3.05, 3.63) is 30.3 Å². The third-order valence-corrected chi connectivity index (χ3v) is 2.93. The Morgan fingerprint density at radius 3 is 2.53 bits per heavy atom. The summed E-state index contributed by atoms with van der Waals surface area (Å²) in [5, 5.41) is 11.6. The van der Waals surface area contributed by atoms with Gasteiger partial charge in [0.25, 0.3) is 0 Å². The quantitative estimate of drug-likeness (QED) is 0.837. The molecule has 0 fully saturated rings. The van der Waals surface area contributed by atoms with Crippen LogP contribution < -0.4 is 5.32 Å². The number of nitriles is 1. The molecule has 17 heavy (non-hydrogen) atoms. The molecule has 0 saturated heterocycles. The molecule has 0 spiro atoms. The minimum Gasteiger partial charge on any atom is -0.307 e. The SMILES string of the molecule is CN(SC(C)(C)C#N)C(=O)Nc1ccccc1. The highest BCUT2D eigenvalue weighted by molar-refractivity contribution is 7.99. The number of anilines is 1. The zero-order chi connectivity index (χ0) is 12.9. The molecule has 0 saturated carbocycles. The van der Waals surface area contributed by atoms with Crippen LogP contribution in [0.25, 0.3) is 0 Å². The summed E-state index contributed by atoms with van der Waals surface area (Å²) in [6.07, 6.45) is 0. The molecule has 0 aliphatic rings. The molecular formula is C12H15N3OS. The Labute approximate surface area is 106 Å². The lowest BCUT2D eigenvalue weighted by molar-refractivity contribution is 0.242. The van der Waals surface area contributed by atoms with E-state index in [0.29, 0.717) is 0 Å². The second-order valence-corrected chi connectivity index (χ2v) is 5.76. The molecule has 0 unspecified atom stereocenters. The van der Waals surface area contributed by atoms with Crippen molar-refractivity contribution in [1.29, 1.82) is 5.26 Å². The minimum atomic E-state index is -0.622. The van der Waals surface area contributed by atoms with Gasteiger partial charge in [-0.15, -0.1) is 0 Å². The van der Waals surface area contributed by atoms with Crippen molar-refractivity contribution < 1.29 is 4.79 Å². The van der Waals surface area contributed by atoms with E-state index in [9.17, 15) is 4.79 Å². The molecule has 0 aromatic heterocycles. The van der Waals surface area contributed by atoms with Gasteiger partial charge in [-0.1, -0.05) is 18.2 Å². The summed E-state index contributed by atoms with van der Waals surface area (Å²) >= 11 is 1.19. The second kappa shape index (κ2) is 5.60. The van der Waals surface area contributed by atoms with Crippen LogP contribution in [0.15, 0.2) is 30.3 Å². The first kappa shape index (κ1) is 13.4. The summed E-state index contributed by atoms with van der Waals surface area (Å²) in [4.78, 5) is 11.8. The van der Waals surface area contributed by atoms with E-state index in [1.165, 1.54) is 16.3 Å². The summed E-state index contributed by atoms with van der Waals surface area (Å²) in [5.41, 5.74) is 0.736. The van der Waals surface area contributed by atoms with Gasteiger partial charge in [0.1, 0.15) is 4.75 Å². The lowest BCUT2D eigenvalue weighted by Gasteiger charge is -2.23. The number of benzene rings is 1. The third-order valence-electron chi connectivity index (χ3n) is 1.95. The lowest BCUT2D eigenvalue weighted by atomic mass is 10.2. The number of urea groups is 1. The molecule has 0 atom stereocenters. The first-order valence-electron chi connectivity index (χ1n) is 5.15. The van der Waals surface area contributed by atoms with Crippen LogP contribution in [-0.2, 0) is 0 Å². The highest BCUT2D eigenvalue weighted by Gasteiger charge is 2.23. The zero-order valence-electron chi connectivity index (χ0n) is 10.1. The Morgan fingerprint density at radius 2 is 2.00 bits per heavy atom. The van der Waals surface area contributed by atoms with Crippen LogP contribution in [0.4, 0.5) is 10.5 Å². The fourth-order valence-electron chi connectivity index (χ4n) is 1.13. The van der Waals surface area contributed by atoms with E-state index in [4.69, 9.17) is 5.26 Å². The van der Waals surface area contributed by atoms with Crippen molar-refractivity contribution >= 4 is 23.7 Å². The van der Waals surface area contributed by atoms with E-state index in [0.717, 1.165) is 5.69 Å². The molecule has 0 radical (unpaired) electrons. The molecule has 0 heterocycles. The normalized spacial score (nSPS) is 10.5. The van der Waals surface area contributed by atoms with E-state index in [1.54, 1.807) is 20.9 Å². The largest absolute Gasteiger partial charge is 0.331 e. The van der Waals surface area contributed by atoms with Crippen LogP contribution in [0, 0.1) is 11.3 Å². The molecule has 4 nitrogen and oxygen atoms in total. The molecule has 1 rings (SSSR count). The number of para-hydroxylation sites is 1. The predicted octanol–water partition coefficient (Wildman–Crippen LogP) is 3.10. The molecule has 0 bridgehead atoms. The Hall–Kier alpha value is -1.67. The second-order valence-electron chi connectivity index (χ2n) is 4.01. The Balaban J connectivity index is 2.57. The molecule has 2 amide bonds. The van der Waals surface area contributed by atoms with Crippen LogP contribution in [0.5, 0.6) is 0 Å². The average Bonchev–Trinajstić information content (AvgIpc) is 2.30. The van der Waals surface area contributed by atoms with Crippen molar-refractivity contribution in [2.45, 2.75) is 18.6 Å². The molecule has 1 N–H and O–H groups in total. The van der Waals surface area contributed by atoms with Crippen LogP contribution in [0.1, 0.15) is 13.8 Å². The molecular weight excluding hydrogens is 234 g/mol. The van der Waals surface area contributed by atoms with E-state index in [1.807, 2.05) is 30.3 Å². The zero-order valence-corrected chi connectivity index (χ0v) is 10.9. The van der Waals surface area contributed by atoms with Crippen molar-refractivity contribution in [2.75, 3.05) is 12.4 Å². The van der Waals surface area contributed by atoms with Crippen LogP contribution >= 0.6 is 11.9 Å². The van der Waals surface area contributed by atoms with E-state index >= 15 is 0 Å². The maximum Gasteiger partial charge on any atom is 0.331 e. The predicted molar refractivity (Wildman–Crippen MR) is 70.5 cm³/mol. The van der Waals surface area contributed by atoms with Crippen molar-refractivity contribution in [1.82, 2.24) is 4.31 Å². The monoisotopic (exact) mass is 249 g/mol. The minimum absolute atomic E-state index is 0.246. The van der Waals surface area contributed by atoms with Gasteiger partial charge in [-0.25, -0.2) is 4.79 Å². The molecule has 0 aliphatic heterocycles. The maximum atomic E-state index is 11.8. The standard InChI is InChI=1S/C12H15N3OS/c1-12(2,9-13)17-15(3)11(16)14-10-7-5-4-6-8-10/h4-8H,1-3H3,(H,14,16). The van der Waals surface area contributed by atoms with Crippen LogP contribution in [0.3, 0.4) is 0 Å². The fourth-order valence-corrected chi connectivity index (χ4v) is 1.98. The van der Waals surface area contributed by atoms with Gasteiger partial charge in [-0.2, -0.15) is 5.26 Å². The van der Waals surface area contributed by atoms with E-state index in [-0.39, 0.29) is 6.03 Å². The fraction of sp³-hybridized carbons (Fsp3) is 0.333. The van der Waals surface area contributed by atoms with E-state index in [2.05, 4.69) is 11.4 Å². The first-order chi connectivity index (χ1) is 7.94. The molecule has 1 aromatic rings. The summed E-state index contributed by atoms with van der Waals surface area (Å²) < 4.78 is 0.805. The molecule has 5 heteroatoms. The smallest absolute Gasteiger partial charge is 0.307 e. The first-order valence-corrected chi connectivity index (χ1v) is 5.92. The number of nitrogens with zero attached hydrogens (tertiary/aromatic N) is 2. The van der Waals surface area contributed by atoms with E-state index < -0.39 is 4.75 Å². The van der Waals surface area contributed by atoms with Crippen molar-refractivity contribution in [2.24, 2.45) is 0 Å². The average molecular weight is 249 g/mol. The van der Waals surface area contributed by atoms with Gasteiger partial charge in [-0.3, -0.25) is 4.31 Å². The van der Waals surface area contributed by atoms with Gasteiger partial charge in [-0.05, 0) is 37.9 Å². The maximum absolute atomic E-state index is 11.8. The number of nitrogens with one attached hydrogen (secondary N) is 1. The highest BCUT2D eigenvalue weighted by atomic mass is 32.2. The Morgan fingerprint density at radius 1 is 1.41 bits per heavy atom. The summed E-state index contributed by atoms with van der Waals surface area (Å²) in [6.45, 7) is 3.54. The van der Waals surface area contributed by atoms with Crippen molar-refractivity contribution in [3.8, 4) is 6.07 Å². The lowest BCUT2D eigenvalue weighted by Crippen LogP contribution is -2.30. The molecule has 0 aliphatic carbocycles. The topological polar surface area (TPSA) is 56.1 Å². The van der Waals surface area contributed by atoms with Gasteiger partial charge in [0.2, 0.25) is 0 Å². The Kier molecular flexibility index (Phi) is 4.41. The number of amides is 2. The number of hydrogen-bond donors (Lipinski definition) is 1. The molecule has 1 aromatic carbocycles. The van der Waals surface area contributed by atoms with Crippen molar-refractivity contribution in [3.63, 3.8) is 0 Å². The van der Waals surface area contributed by atoms with Gasteiger partial charge in [0.05, 0.1) is 6.07 Å². The third kappa shape index (κ3) is 4.37. The molecule has 90 valence electrons. The number of carbonyl (C=O) groups is 1. The van der Waals surface area contributed by atoms with Gasteiger partial charge in [0.15, 0.2) is 0 Å². The summed E-state index contributed by atoms with van der Waals surface area (Å²) in [6, 6.07) is 11.1.